The Morgan fingerprint density at radius 1 is 1.00 bits per heavy atom. The largest absolute Gasteiger partial charge is 0.384 e. The number of nitrogens with zero attached hydrogens (tertiary/aromatic N) is 1. The monoisotopic (exact) mass is 340 g/mol. The van der Waals surface area contributed by atoms with Crippen molar-refractivity contribution in [3.63, 3.8) is 0 Å². The molecule has 1 aliphatic heterocycles. The topological polar surface area (TPSA) is 127 Å². The van der Waals surface area contributed by atoms with Gasteiger partial charge in [0.2, 0.25) is 0 Å². The van der Waals surface area contributed by atoms with E-state index in [1.807, 2.05) is 0 Å². The average Bonchev–Trinajstić information content (AvgIpc) is 2.85. The predicted octanol–water partition coefficient (Wildman–Crippen LogP) is 0.284. The van der Waals surface area contributed by atoms with E-state index in [0.717, 1.165) is 16.8 Å². The smallest absolute Gasteiger partial charge is 0.262 e. The first-order valence-electron chi connectivity index (χ1n) is 7.11. The van der Waals surface area contributed by atoms with Crippen molar-refractivity contribution < 1.29 is 14.0 Å². The SMILES string of the molecule is Nc1c2c(cc(=O)n1-c1ccc3c(F)c[nH]c(=O)c3c1)C(=O)NC2=O. The van der Waals surface area contributed by atoms with E-state index in [4.69, 9.17) is 5.73 Å². The molecule has 25 heavy (non-hydrogen) atoms. The molecular formula is C16H9FN4O4. The number of H-pyrrole nitrogens is 1. The average molecular weight is 340 g/mol. The minimum absolute atomic E-state index is 0.0184. The molecule has 3 heterocycles. The first kappa shape index (κ1) is 14.8. The molecule has 0 saturated heterocycles. The van der Waals surface area contributed by atoms with Gasteiger partial charge < -0.3 is 10.7 Å². The summed E-state index contributed by atoms with van der Waals surface area (Å²) in [6.45, 7) is 0. The van der Waals surface area contributed by atoms with Crippen LogP contribution in [0.5, 0.6) is 0 Å². The summed E-state index contributed by atoms with van der Waals surface area (Å²) < 4.78 is 14.8. The lowest BCUT2D eigenvalue weighted by molar-refractivity contribution is 0.0880. The summed E-state index contributed by atoms with van der Waals surface area (Å²) >= 11 is 0. The fourth-order valence-corrected chi connectivity index (χ4v) is 2.90. The third-order valence-electron chi connectivity index (χ3n) is 4.05. The highest BCUT2D eigenvalue weighted by atomic mass is 19.1. The Labute approximate surface area is 137 Å². The summed E-state index contributed by atoms with van der Waals surface area (Å²) in [5.41, 5.74) is 4.67. The summed E-state index contributed by atoms with van der Waals surface area (Å²) in [7, 11) is 0. The van der Waals surface area contributed by atoms with E-state index in [2.05, 4.69) is 10.3 Å². The van der Waals surface area contributed by atoms with Crippen molar-refractivity contribution >= 4 is 28.4 Å². The van der Waals surface area contributed by atoms with Crippen molar-refractivity contribution in [3.05, 3.63) is 68.1 Å². The summed E-state index contributed by atoms with van der Waals surface area (Å²) in [6.07, 6.45) is 0.941. The first-order chi connectivity index (χ1) is 11.9. The maximum absolute atomic E-state index is 13.8. The van der Waals surface area contributed by atoms with Gasteiger partial charge in [-0.2, -0.15) is 0 Å². The highest BCUT2D eigenvalue weighted by molar-refractivity contribution is 6.23. The quantitative estimate of drug-likeness (QED) is 0.549. The van der Waals surface area contributed by atoms with E-state index in [9.17, 15) is 23.6 Å². The Hall–Kier alpha value is -3.75. The molecule has 2 amide bonds. The fraction of sp³-hybridized carbons (Fsp3) is 0. The number of aromatic nitrogens is 2. The van der Waals surface area contributed by atoms with E-state index >= 15 is 0 Å². The van der Waals surface area contributed by atoms with Crippen molar-refractivity contribution in [3.8, 4) is 5.69 Å². The second kappa shape index (κ2) is 4.87. The van der Waals surface area contributed by atoms with Crippen molar-refractivity contribution in [1.29, 1.82) is 0 Å². The molecule has 0 spiro atoms. The molecule has 124 valence electrons. The number of anilines is 1. The molecule has 4 rings (SSSR count). The summed E-state index contributed by atoms with van der Waals surface area (Å²) in [4.78, 5) is 50.1. The van der Waals surface area contributed by atoms with Gasteiger partial charge in [-0.25, -0.2) is 4.39 Å². The Morgan fingerprint density at radius 3 is 2.52 bits per heavy atom. The Kier molecular flexibility index (Phi) is 2.89. The Morgan fingerprint density at radius 2 is 1.76 bits per heavy atom. The maximum atomic E-state index is 13.8. The molecule has 0 atom stereocenters. The number of hydrogen-bond donors (Lipinski definition) is 3. The summed E-state index contributed by atoms with van der Waals surface area (Å²) in [6, 6.07) is 5.01. The lowest BCUT2D eigenvalue weighted by atomic mass is 10.1. The van der Waals surface area contributed by atoms with E-state index in [1.54, 1.807) is 0 Å². The van der Waals surface area contributed by atoms with Crippen LogP contribution in [0.1, 0.15) is 20.7 Å². The number of nitrogen functional groups attached to an aromatic ring is 1. The van der Waals surface area contributed by atoms with Crippen LogP contribution in [0.3, 0.4) is 0 Å². The van der Waals surface area contributed by atoms with Gasteiger partial charge in [0.05, 0.1) is 22.2 Å². The van der Waals surface area contributed by atoms with Crippen LogP contribution in [-0.2, 0) is 0 Å². The number of halogens is 1. The number of rotatable bonds is 1. The van der Waals surface area contributed by atoms with Crippen LogP contribution in [0.25, 0.3) is 16.5 Å². The molecule has 9 heteroatoms. The Bertz CT molecular complexity index is 1230. The molecule has 0 fully saturated rings. The number of benzene rings is 1. The molecule has 1 aliphatic rings. The van der Waals surface area contributed by atoms with E-state index in [0.29, 0.717) is 0 Å². The van der Waals surface area contributed by atoms with Crippen LogP contribution < -0.4 is 22.2 Å². The van der Waals surface area contributed by atoms with Gasteiger partial charge in [-0.05, 0) is 18.2 Å². The zero-order valence-electron chi connectivity index (χ0n) is 12.4. The highest BCUT2D eigenvalue weighted by Crippen LogP contribution is 2.24. The van der Waals surface area contributed by atoms with Gasteiger partial charge in [0.25, 0.3) is 22.9 Å². The van der Waals surface area contributed by atoms with Crippen molar-refractivity contribution in [2.45, 2.75) is 0 Å². The molecule has 1 aromatic carbocycles. The zero-order chi connectivity index (χ0) is 17.9. The number of pyridine rings is 2. The van der Waals surface area contributed by atoms with Crippen molar-refractivity contribution in [2.75, 3.05) is 5.73 Å². The lowest BCUT2D eigenvalue weighted by Gasteiger charge is -2.12. The lowest BCUT2D eigenvalue weighted by Crippen LogP contribution is -2.24. The normalized spacial score (nSPS) is 13.2. The van der Waals surface area contributed by atoms with E-state index < -0.39 is 28.8 Å². The fourth-order valence-electron chi connectivity index (χ4n) is 2.90. The minimum atomic E-state index is -0.712. The zero-order valence-corrected chi connectivity index (χ0v) is 12.4. The maximum Gasteiger partial charge on any atom is 0.262 e. The molecule has 0 radical (unpaired) electrons. The van der Waals surface area contributed by atoms with E-state index in [1.165, 1.54) is 18.2 Å². The number of aromatic amines is 1. The van der Waals surface area contributed by atoms with Crippen molar-refractivity contribution in [2.24, 2.45) is 0 Å². The Balaban J connectivity index is 2.05. The third-order valence-corrected chi connectivity index (χ3v) is 4.05. The van der Waals surface area contributed by atoms with Gasteiger partial charge in [0.1, 0.15) is 11.6 Å². The van der Waals surface area contributed by atoms with Crippen LogP contribution in [0.15, 0.2) is 40.1 Å². The molecule has 0 saturated carbocycles. The number of amides is 2. The number of imide groups is 1. The molecule has 8 nitrogen and oxygen atoms in total. The first-order valence-corrected chi connectivity index (χ1v) is 7.11. The van der Waals surface area contributed by atoms with Crippen LogP contribution >= 0.6 is 0 Å². The van der Waals surface area contributed by atoms with Gasteiger partial charge in [-0.15, -0.1) is 0 Å². The van der Waals surface area contributed by atoms with Gasteiger partial charge >= 0.3 is 0 Å². The van der Waals surface area contributed by atoms with Crippen LogP contribution in [0.2, 0.25) is 0 Å². The number of nitrogens with two attached hydrogens (primary N) is 1. The molecule has 0 unspecified atom stereocenters. The van der Waals surface area contributed by atoms with Gasteiger partial charge in [-0.1, -0.05) is 0 Å². The summed E-state index contributed by atoms with van der Waals surface area (Å²) in [5.74, 6) is -2.28. The van der Waals surface area contributed by atoms with Crippen LogP contribution in [0.4, 0.5) is 10.2 Å². The molecule has 2 aromatic heterocycles. The second-order valence-corrected chi connectivity index (χ2v) is 5.47. The highest BCUT2D eigenvalue weighted by Gasteiger charge is 2.31. The van der Waals surface area contributed by atoms with Gasteiger partial charge in [0.15, 0.2) is 0 Å². The number of fused-ring (bicyclic) bond motifs is 2. The molecule has 4 N–H and O–H groups in total. The van der Waals surface area contributed by atoms with Crippen LogP contribution in [0, 0.1) is 5.82 Å². The number of nitrogens with one attached hydrogen (secondary N) is 2. The number of carbonyl (C=O) groups is 2. The predicted molar refractivity (Wildman–Crippen MR) is 86.3 cm³/mol. The molecule has 3 aromatic rings. The van der Waals surface area contributed by atoms with Gasteiger partial charge in [0, 0.05) is 17.6 Å². The number of carbonyl (C=O) groups excluding carboxylic acids is 2. The summed E-state index contributed by atoms with van der Waals surface area (Å²) in [5, 5.41) is 2.16. The second-order valence-electron chi connectivity index (χ2n) is 5.47. The molecule has 0 bridgehead atoms. The number of hydrogen-bond acceptors (Lipinski definition) is 5. The standard InChI is InChI=1S/C16H9FN4O4/c17-10-5-19-14(23)8-3-6(1-2-7(8)10)21-11(22)4-9-12(13(21)18)16(25)20-15(9)24/h1-5H,18H2,(H,19,23)(H,20,24,25). The molecule has 0 aliphatic carbocycles. The van der Waals surface area contributed by atoms with E-state index in [-0.39, 0.29) is 33.4 Å². The minimum Gasteiger partial charge on any atom is -0.384 e. The third kappa shape index (κ3) is 1.99. The van der Waals surface area contributed by atoms with Crippen molar-refractivity contribution in [1.82, 2.24) is 14.9 Å². The molecular weight excluding hydrogens is 331 g/mol. The van der Waals surface area contributed by atoms with Gasteiger partial charge in [-0.3, -0.25) is 29.1 Å². The van der Waals surface area contributed by atoms with Crippen LogP contribution in [-0.4, -0.2) is 21.4 Å².